The highest BCUT2D eigenvalue weighted by molar-refractivity contribution is 5.95. The zero-order chi connectivity index (χ0) is 13.0. The maximum Gasteiger partial charge on any atom is 0.164 e. The Morgan fingerprint density at radius 3 is 2.67 bits per heavy atom. The third kappa shape index (κ3) is 3.15. The van der Waals surface area contributed by atoms with E-state index in [0.717, 1.165) is 19.3 Å². The van der Waals surface area contributed by atoms with Crippen LogP contribution in [0.2, 0.25) is 0 Å². The van der Waals surface area contributed by atoms with Gasteiger partial charge < -0.3 is 10.2 Å². The van der Waals surface area contributed by atoms with Gasteiger partial charge in [0.1, 0.15) is 0 Å². The molecule has 1 aliphatic rings. The average Bonchev–Trinajstić information content (AvgIpc) is 2.39. The molecule has 2 atom stereocenters. The first-order valence-corrected chi connectivity index (χ1v) is 6.48. The molecule has 1 aromatic heterocycles. The molecular weight excluding hydrogens is 230 g/mol. The number of aliphatic hydroxyl groups excluding tert-OH is 2. The SMILES string of the molecule is O=C(CCC1C(O)CCCC1O)c1cccnc1. The second kappa shape index (κ2) is 6.07. The van der Waals surface area contributed by atoms with Crippen LogP contribution < -0.4 is 0 Å². The van der Waals surface area contributed by atoms with E-state index >= 15 is 0 Å². The van der Waals surface area contributed by atoms with Gasteiger partial charge in [-0.1, -0.05) is 0 Å². The fourth-order valence-electron chi connectivity index (χ4n) is 2.58. The number of Topliss-reactive ketones (excluding diaryl/α,β-unsaturated/α-hetero) is 1. The van der Waals surface area contributed by atoms with Crippen LogP contribution in [-0.4, -0.2) is 33.2 Å². The number of rotatable bonds is 4. The van der Waals surface area contributed by atoms with Crippen molar-refractivity contribution in [3.8, 4) is 0 Å². The van der Waals surface area contributed by atoms with E-state index in [1.807, 2.05) is 0 Å². The van der Waals surface area contributed by atoms with Crippen LogP contribution in [0.25, 0.3) is 0 Å². The van der Waals surface area contributed by atoms with Gasteiger partial charge in [0.2, 0.25) is 0 Å². The minimum atomic E-state index is -0.476. The third-order valence-electron chi connectivity index (χ3n) is 3.68. The molecule has 4 nitrogen and oxygen atoms in total. The second-order valence-corrected chi connectivity index (χ2v) is 4.93. The highest BCUT2D eigenvalue weighted by atomic mass is 16.3. The third-order valence-corrected chi connectivity index (χ3v) is 3.68. The van der Waals surface area contributed by atoms with Gasteiger partial charge in [-0.05, 0) is 37.8 Å². The Labute approximate surface area is 107 Å². The Morgan fingerprint density at radius 2 is 2.06 bits per heavy atom. The smallest absolute Gasteiger partial charge is 0.164 e. The number of nitrogens with zero attached hydrogens (tertiary/aromatic N) is 1. The summed E-state index contributed by atoms with van der Waals surface area (Å²) in [5.41, 5.74) is 0.595. The summed E-state index contributed by atoms with van der Waals surface area (Å²) in [6.45, 7) is 0. The van der Waals surface area contributed by atoms with E-state index < -0.39 is 12.2 Å². The maximum atomic E-state index is 11.9. The largest absolute Gasteiger partial charge is 0.393 e. The molecule has 0 saturated heterocycles. The summed E-state index contributed by atoms with van der Waals surface area (Å²) in [6.07, 6.45) is 5.43. The van der Waals surface area contributed by atoms with Gasteiger partial charge in [0.25, 0.3) is 0 Å². The highest BCUT2D eigenvalue weighted by Gasteiger charge is 2.30. The first-order chi connectivity index (χ1) is 8.68. The molecule has 1 aromatic rings. The summed E-state index contributed by atoms with van der Waals surface area (Å²) < 4.78 is 0. The fourth-order valence-corrected chi connectivity index (χ4v) is 2.58. The van der Waals surface area contributed by atoms with Crippen LogP contribution in [0.3, 0.4) is 0 Å². The van der Waals surface area contributed by atoms with E-state index in [1.165, 1.54) is 0 Å². The molecule has 1 aliphatic carbocycles. The standard InChI is InChI=1S/C14H19NO3/c16-12(10-3-2-8-15-9-10)7-6-11-13(17)4-1-5-14(11)18/h2-3,8-9,11,13-14,17-18H,1,4-7H2. The van der Waals surface area contributed by atoms with Crippen molar-refractivity contribution in [1.82, 2.24) is 4.98 Å². The Balaban J connectivity index is 1.89. The predicted octanol–water partition coefficient (Wildman–Crippen LogP) is 1.57. The molecule has 18 heavy (non-hydrogen) atoms. The van der Waals surface area contributed by atoms with Crippen LogP contribution in [0.5, 0.6) is 0 Å². The summed E-state index contributed by atoms with van der Waals surface area (Å²) >= 11 is 0. The molecule has 98 valence electrons. The number of aliphatic hydroxyl groups is 2. The van der Waals surface area contributed by atoms with Gasteiger partial charge in [0.05, 0.1) is 12.2 Å². The van der Waals surface area contributed by atoms with Crippen molar-refractivity contribution in [2.45, 2.75) is 44.3 Å². The molecule has 2 N–H and O–H groups in total. The zero-order valence-electron chi connectivity index (χ0n) is 10.3. The summed E-state index contributed by atoms with van der Waals surface area (Å²) in [5.74, 6) is -0.146. The zero-order valence-corrected chi connectivity index (χ0v) is 10.3. The van der Waals surface area contributed by atoms with Crippen molar-refractivity contribution in [2.75, 3.05) is 0 Å². The van der Waals surface area contributed by atoms with Gasteiger partial charge in [0.15, 0.2) is 5.78 Å². The molecule has 2 rings (SSSR count). The number of aromatic nitrogens is 1. The number of hydrogen-bond acceptors (Lipinski definition) is 4. The molecule has 2 unspecified atom stereocenters. The Morgan fingerprint density at radius 1 is 1.33 bits per heavy atom. The second-order valence-electron chi connectivity index (χ2n) is 4.93. The van der Waals surface area contributed by atoms with Crippen LogP contribution in [0.1, 0.15) is 42.5 Å². The molecule has 1 saturated carbocycles. The molecule has 0 bridgehead atoms. The first-order valence-electron chi connectivity index (χ1n) is 6.48. The summed E-state index contributed by atoms with van der Waals surface area (Å²) in [6, 6.07) is 3.47. The van der Waals surface area contributed by atoms with Crippen molar-refractivity contribution < 1.29 is 15.0 Å². The molecule has 0 spiro atoms. The molecule has 1 heterocycles. The van der Waals surface area contributed by atoms with E-state index in [4.69, 9.17) is 0 Å². The lowest BCUT2D eigenvalue weighted by Gasteiger charge is -2.32. The van der Waals surface area contributed by atoms with Crippen molar-refractivity contribution in [3.63, 3.8) is 0 Å². The number of carbonyl (C=O) groups excluding carboxylic acids is 1. The van der Waals surface area contributed by atoms with Crippen molar-refractivity contribution in [1.29, 1.82) is 0 Å². The van der Waals surface area contributed by atoms with Crippen LogP contribution in [0.15, 0.2) is 24.5 Å². The van der Waals surface area contributed by atoms with E-state index in [-0.39, 0.29) is 11.7 Å². The number of hydrogen-bond donors (Lipinski definition) is 2. The van der Waals surface area contributed by atoms with Gasteiger partial charge in [0, 0.05) is 30.3 Å². The van der Waals surface area contributed by atoms with E-state index in [2.05, 4.69) is 4.98 Å². The molecule has 0 aliphatic heterocycles. The minimum Gasteiger partial charge on any atom is -0.393 e. The van der Waals surface area contributed by atoms with Crippen LogP contribution >= 0.6 is 0 Å². The van der Waals surface area contributed by atoms with E-state index in [9.17, 15) is 15.0 Å². The first kappa shape index (κ1) is 13.2. The van der Waals surface area contributed by atoms with Gasteiger partial charge in [-0.3, -0.25) is 9.78 Å². The minimum absolute atomic E-state index is 0.0214. The molecule has 0 aromatic carbocycles. The van der Waals surface area contributed by atoms with Gasteiger partial charge >= 0.3 is 0 Å². The topological polar surface area (TPSA) is 70.4 Å². The van der Waals surface area contributed by atoms with Crippen molar-refractivity contribution in [2.24, 2.45) is 5.92 Å². The summed E-state index contributed by atoms with van der Waals surface area (Å²) in [7, 11) is 0. The van der Waals surface area contributed by atoms with E-state index in [1.54, 1.807) is 24.5 Å². The molecule has 4 heteroatoms. The van der Waals surface area contributed by atoms with Crippen LogP contribution in [0, 0.1) is 5.92 Å². The predicted molar refractivity (Wildman–Crippen MR) is 67.2 cm³/mol. The molecule has 0 amide bonds. The quantitative estimate of drug-likeness (QED) is 0.795. The number of ketones is 1. The van der Waals surface area contributed by atoms with Gasteiger partial charge in [-0.15, -0.1) is 0 Å². The Bertz CT molecular complexity index is 383. The van der Waals surface area contributed by atoms with E-state index in [0.29, 0.717) is 18.4 Å². The molecular formula is C14H19NO3. The van der Waals surface area contributed by atoms with Gasteiger partial charge in [-0.25, -0.2) is 0 Å². The van der Waals surface area contributed by atoms with Gasteiger partial charge in [-0.2, -0.15) is 0 Å². The molecule has 1 fully saturated rings. The number of carbonyl (C=O) groups is 1. The lowest BCUT2D eigenvalue weighted by Crippen LogP contribution is -2.36. The Hall–Kier alpha value is -1.26. The molecule has 0 radical (unpaired) electrons. The fraction of sp³-hybridized carbons (Fsp3) is 0.571. The monoisotopic (exact) mass is 249 g/mol. The average molecular weight is 249 g/mol. The highest BCUT2D eigenvalue weighted by Crippen LogP contribution is 2.28. The summed E-state index contributed by atoms with van der Waals surface area (Å²) in [5, 5.41) is 19.7. The number of pyridine rings is 1. The van der Waals surface area contributed by atoms with Crippen molar-refractivity contribution >= 4 is 5.78 Å². The maximum absolute atomic E-state index is 11.9. The van der Waals surface area contributed by atoms with Crippen molar-refractivity contribution in [3.05, 3.63) is 30.1 Å². The lowest BCUT2D eigenvalue weighted by molar-refractivity contribution is -0.0268. The summed E-state index contributed by atoms with van der Waals surface area (Å²) in [4.78, 5) is 15.8. The Kier molecular flexibility index (Phi) is 4.44. The van der Waals surface area contributed by atoms with Crippen LogP contribution in [-0.2, 0) is 0 Å². The van der Waals surface area contributed by atoms with Crippen LogP contribution in [0.4, 0.5) is 0 Å². The lowest BCUT2D eigenvalue weighted by atomic mass is 9.80. The normalized spacial score (nSPS) is 28.0.